The molecule has 0 heterocycles. The van der Waals surface area contributed by atoms with Gasteiger partial charge in [0.25, 0.3) is 0 Å². The fourth-order valence-electron chi connectivity index (χ4n) is 1.60. The zero-order valence-corrected chi connectivity index (χ0v) is 9.97. The van der Waals surface area contributed by atoms with Crippen LogP contribution in [0.4, 0.5) is 0 Å². The van der Waals surface area contributed by atoms with Gasteiger partial charge in [0.1, 0.15) is 11.5 Å². The summed E-state index contributed by atoms with van der Waals surface area (Å²) in [6.07, 6.45) is -0.322. The lowest BCUT2D eigenvalue weighted by Gasteiger charge is -2.21. The highest BCUT2D eigenvalue weighted by molar-refractivity contribution is 5.91. The van der Waals surface area contributed by atoms with Gasteiger partial charge in [-0.3, -0.25) is 0 Å². The minimum Gasteiger partial charge on any atom is -0.549 e. The van der Waals surface area contributed by atoms with Crippen molar-refractivity contribution in [2.45, 2.75) is 6.42 Å². The number of carboxylic acid groups (broad SMARTS) is 2. The van der Waals surface area contributed by atoms with Crippen LogP contribution >= 0.6 is 0 Å². The smallest absolute Gasteiger partial charge is 0.125 e. The van der Waals surface area contributed by atoms with Crippen molar-refractivity contribution in [1.82, 2.24) is 0 Å². The maximum absolute atomic E-state index is 10.7. The molecule has 6 heteroatoms. The maximum atomic E-state index is 10.7. The predicted molar refractivity (Wildman–Crippen MR) is 56.8 cm³/mol. The van der Waals surface area contributed by atoms with E-state index in [1.807, 2.05) is 0 Å². The van der Waals surface area contributed by atoms with E-state index >= 15 is 0 Å². The number of carbonyl (C=O) groups excluding carboxylic acids is 2. The molecule has 0 saturated carbocycles. The normalized spacial score (nSPS) is 10.2. The van der Waals surface area contributed by atoms with Gasteiger partial charge in [-0.05, 0) is 18.6 Å². The third-order valence-corrected chi connectivity index (χ3v) is 2.51. The van der Waals surface area contributed by atoms with E-state index in [1.54, 1.807) is 18.2 Å². The van der Waals surface area contributed by atoms with E-state index in [2.05, 4.69) is 0 Å². The van der Waals surface area contributed by atoms with Crippen molar-refractivity contribution in [3.8, 4) is 11.5 Å². The van der Waals surface area contributed by atoms with Gasteiger partial charge in [0, 0.05) is 11.5 Å². The highest BCUT2D eigenvalue weighted by Gasteiger charge is 2.18. The van der Waals surface area contributed by atoms with Crippen LogP contribution in [0.5, 0.6) is 11.5 Å². The Balaban J connectivity index is 3.15. The first-order valence-electron chi connectivity index (χ1n) is 5.12. The van der Waals surface area contributed by atoms with E-state index in [9.17, 15) is 19.8 Å². The Labute approximate surface area is 104 Å². The van der Waals surface area contributed by atoms with Crippen LogP contribution in [0.1, 0.15) is 5.56 Å². The predicted octanol–water partition coefficient (Wildman–Crippen LogP) is -1.64. The second-order valence-electron chi connectivity index (χ2n) is 3.54. The Morgan fingerprint density at radius 3 is 1.89 bits per heavy atom. The first-order chi connectivity index (χ1) is 8.51. The molecular weight excluding hydrogens is 240 g/mol. The zero-order valence-electron chi connectivity index (χ0n) is 9.97. The topological polar surface area (TPSA) is 98.7 Å². The van der Waals surface area contributed by atoms with E-state index in [0.717, 1.165) is 0 Å². The number of benzene rings is 1. The number of carboxylic acids is 2. The van der Waals surface area contributed by atoms with Crippen molar-refractivity contribution in [2.75, 3.05) is 14.2 Å². The summed E-state index contributed by atoms with van der Waals surface area (Å²) in [5.41, 5.74) is 0.348. The van der Waals surface area contributed by atoms with Crippen molar-refractivity contribution < 1.29 is 29.3 Å². The number of rotatable bonds is 6. The summed E-state index contributed by atoms with van der Waals surface area (Å²) < 4.78 is 10.1. The number of methoxy groups -OCH3 is 2. The number of aliphatic carboxylic acids is 2. The summed E-state index contributed by atoms with van der Waals surface area (Å²) >= 11 is 0. The van der Waals surface area contributed by atoms with Crippen LogP contribution in [-0.2, 0) is 16.0 Å². The lowest BCUT2D eigenvalue weighted by atomic mass is 9.98. The van der Waals surface area contributed by atoms with Gasteiger partial charge in [-0.15, -0.1) is 0 Å². The minimum absolute atomic E-state index is 0.322. The van der Waals surface area contributed by atoms with Crippen molar-refractivity contribution in [3.05, 3.63) is 23.8 Å². The Bertz CT molecular complexity index is 418. The van der Waals surface area contributed by atoms with Gasteiger partial charge in [0.15, 0.2) is 0 Å². The van der Waals surface area contributed by atoms with Gasteiger partial charge in [-0.2, -0.15) is 0 Å². The monoisotopic (exact) mass is 252 g/mol. The molecule has 0 atom stereocenters. The van der Waals surface area contributed by atoms with Gasteiger partial charge in [0.05, 0.1) is 26.2 Å². The lowest BCUT2D eigenvalue weighted by molar-refractivity contribution is -0.331. The van der Waals surface area contributed by atoms with Crippen LogP contribution in [0, 0.1) is 5.92 Å². The fraction of sp³-hybridized carbons (Fsp3) is 0.333. The highest BCUT2D eigenvalue weighted by atomic mass is 16.5. The summed E-state index contributed by atoms with van der Waals surface area (Å²) in [5.74, 6) is -4.47. The second-order valence-corrected chi connectivity index (χ2v) is 3.54. The molecule has 0 amide bonds. The molecule has 0 unspecified atom stereocenters. The second kappa shape index (κ2) is 5.90. The first-order valence-corrected chi connectivity index (χ1v) is 5.12. The molecule has 0 aliphatic rings. The van der Waals surface area contributed by atoms with Crippen LogP contribution in [0.3, 0.4) is 0 Å². The molecule has 0 aliphatic heterocycles. The van der Waals surface area contributed by atoms with Crippen LogP contribution in [0.2, 0.25) is 0 Å². The van der Waals surface area contributed by atoms with Crippen molar-refractivity contribution in [3.63, 3.8) is 0 Å². The Morgan fingerprint density at radius 1 is 1.11 bits per heavy atom. The number of ether oxygens (including phenoxy) is 2. The van der Waals surface area contributed by atoms with Crippen molar-refractivity contribution in [2.24, 2.45) is 5.92 Å². The third kappa shape index (κ3) is 2.91. The average Bonchev–Trinajstić information content (AvgIpc) is 2.34. The Hall–Kier alpha value is -2.24. The lowest BCUT2D eigenvalue weighted by Crippen LogP contribution is -2.44. The van der Waals surface area contributed by atoms with Gasteiger partial charge in [-0.25, -0.2) is 0 Å². The molecule has 1 aromatic carbocycles. The highest BCUT2D eigenvalue weighted by Crippen LogP contribution is 2.30. The summed E-state index contributed by atoms with van der Waals surface area (Å²) in [7, 11) is 2.79. The summed E-state index contributed by atoms with van der Waals surface area (Å²) in [5, 5.41) is 21.5. The van der Waals surface area contributed by atoms with Gasteiger partial charge in [0.2, 0.25) is 0 Å². The zero-order chi connectivity index (χ0) is 13.7. The maximum Gasteiger partial charge on any atom is 0.125 e. The molecule has 0 bridgehead atoms. The molecule has 0 radical (unpaired) electrons. The van der Waals surface area contributed by atoms with Crippen molar-refractivity contribution >= 4 is 11.9 Å². The molecule has 18 heavy (non-hydrogen) atoms. The Morgan fingerprint density at radius 2 is 1.56 bits per heavy atom. The van der Waals surface area contributed by atoms with E-state index in [0.29, 0.717) is 17.1 Å². The van der Waals surface area contributed by atoms with E-state index < -0.39 is 17.9 Å². The van der Waals surface area contributed by atoms with Crippen molar-refractivity contribution in [1.29, 1.82) is 0 Å². The molecule has 0 saturated heterocycles. The van der Waals surface area contributed by atoms with E-state index in [-0.39, 0.29) is 6.42 Å². The van der Waals surface area contributed by atoms with Crippen LogP contribution in [0.15, 0.2) is 18.2 Å². The molecule has 0 aliphatic carbocycles. The number of carbonyl (C=O) groups is 2. The molecule has 0 spiro atoms. The third-order valence-electron chi connectivity index (χ3n) is 2.51. The number of hydrogen-bond donors (Lipinski definition) is 0. The molecule has 1 rings (SSSR count). The SMILES string of the molecule is COc1cccc(OC)c1CC(C(=O)[O-])C(=O)[O-]. The standard InChI is InChI=1S/C12H14O6/c1-17-9-4-3-5-10(18-2)7(9)6-8(11(13)14)12(15)16/h3-5,8H,6H2,1-2H3,(H,13,14)(H,15,16)/p-2. The van der Waals surface area contributed by atoms with Crippen LogP contribution < -0.4 is 19.7 Å². The van der Waals surface area contributed by atoms with Gasteiger partial charge >= 0.3 is 0 Å². The van der Waals surface area contributed by atoms with Gasteiger partial charge in [-0.1, -0.05) is 6.07 Å². The molecule has 98 valence electrons. The average molecular weight is 252 g/mol. The van der Waals surface area contributed by atoms with Gasteiger partial charge < -0.3 is 29.3 Å². The van der Waals surface area contributed by atoms with Crippen LogP contribution in [0.25, 0.3) is 0 Å². The first kappa shape index (κ1) is 13.8. The molecule has 0 N–H and O–H groups in total. The quantitative estimate of drug-likeness (QED) is 0.563. The molecule has 0 aromatic heterocycles. The van der Waals surface area contributed by atoms with E-state index in [4.69, 9.17) is 9.47 Å². The molecule has 6 nitrogen and oxygen atoms in total. The molecular formula is C12H12O6-2. The van der Waals surface area contributed by atoms with E-state index in [1.165, 1.54) is 14.2 Å². The minimum atomic E-state index is -1.75. The van der Waals surface area contributed by atoms with Crippen LogP contribution in [-0.4, -0.2) is 26.2 Å². The molecule has 0 fully saturated rings. The largest absolute Gasteiger partial charge is 0.549 e. The summed E-state index contributed by atoms with van der Waals surface area (Å²) in [6.45, 7) is 0. The molecule has 1 aromatic rings. The number of hydrogen-bond acceptors (Lipinski definition) is 6. The Kier molecular flexibility index (Phi) is 4.53. The fourth-order valence-corrected chi connectivity index (χ4v) is 1.60. The summed E-state index contributed by atoms with van der Waals surface area (Å²) in [6, 6.07) is 4.81. The summed E-state index contributed by atoms with van der Waals surface area (Å²) in [4.78, 5) is 21.5.